The molecule has 8 heteroatoms. The first-order valence-electron chi connectivity index (χ1n) is 9.31. The number of nitrogens with zero attached hydrogens (tertiary/aromatic N) is 6. The van der Waals surface area contributed by atoms with E-state index in [1.165, 1.54) is 23.1 Å². The molecular weight excluding hydrogens is 371 g/mol. The number of anilines is 1. The third-order valence-electron chi connectivity index (χ3n) is 5.11. The summed E-state index contributed by atoms with van der Waals surface area (Å²) in [4.78, 5) is 26.9. The second kappa shape index (κ2) is 7.05. The van der Waals surface area contributed by atoms with Gasteiger partial charge in [0.05, 0.1) is 17.8 Å². The van der Waals surface area contributed by atoms with Crippen LogP contribution in [0.5, 0.6) is 0 Å². The molecule has 0 amide bonds. The first kappa shape index (κ1) is 17.4. The standard InChI is InChI=1S/C21H17FN6O/c22-16-1-2-17-19(9-16)24-13-25-21(17)27-10-14(11-27)12-28-20(29)4-3-18(26-28)15-5-7-23-8-6-15/h1-9,13-14H,10-12H2. The zero-order valence-electron chi connectivity index (χ0n) is 15.4. The average molecular weight is 388 g/mol. The SMILES string of the molecule is O=c1ccc(-c2ccncc2)nn1CC1CN(c2ncnc3cc(F)ccc23)C1. The van der Waals surface area contributed by atoms with Crippen LogP contribution in [-0.4, -0.2) is 37.8 Å². The van der Waals surface area contributed by atoms with Crippen LogP contribution in [0.3, 0.4) is 0 Å². The molecule has 4 heterocycles. The fraction of sp³-hybridized carbons (Fsp3) is 0.190. The van der Waals surface area contributed by atoms with Crippen molar-refractivity contribution in [2.45, 2.75) is 6.54 Å². The van der Waals surface area contributed by atoms with Gasteiger partial charge in [0, 0.05) is 54.5 Å². The topological polar surface area (TPSA) is 76.8 Å². The van der Waals surface area contributed by atoms with Crippen molar-refractivity contribution in [3.63, 3.8) is 0 Å². The molecule has 0 spiro atoms. The van der Waals surface area contributed by atoms with Gasteiger partial charge in [-0.1, -0.05) is 0 Å². The van der Waals surface area contributed by atoms with Gasteiger partial charge in [-0.05, 0) is 30.3 Å². The summed E-state index contributed by atoms with van der Waals surface area (Å²) < 4.78 is 15.0. The average Bonchev–Trinajstić information content (AvgIpc) is 2.71. The Morgan fingerprint density at radius 1 is 1.03 bits per heavy atom. The van der Waals surface area contributed by atoms with E-state index >= 15 is 0 Å². The van der Waals surface area contributed by atoms with Crippen LogP contribution in [0.1, 0.15) is 0 Å². The number of fused-ring (bicyclic) bond motifs is 1. The largest absolute Gasteiger partial charge is 0.355 e. The lowest BCUT2D eigenvalue weighted by Gasteiger charge is -2.40. The van der Waals surface area contributed by atoms with E-state index in [1.54, 1.807) is 30.6 Å². The summed E-state index contributed by atoms with van der Waals surface area (Å²) in [5, 5.41) is 5.33. The van der Waals surface area contributed by atoms with Gasteiger partial charge in [0.25, 0.3) is 5.56 Å². The van der Waals surface area contributed by atoms with E-state index < -0.39 is 0 Å². The predicted molar refractivity (Wildman–Crippen MR) is 107 cm³/mol. The van der Waals surface area contributed by atoms with E-state index in [0.717, 1.165) is 35.6 Å². The molecule has 0 radical (unpaired) electrons. The quantitative estimate of drug-likeness (QED) is 0.535. The van der Waals surface area contributed by atoms with Crippen LogP contribution in [0, 0.1) is 11.7 Å². The van der Waals surface area contributed by atoms with Gasteiger partial charge < -0.3 is 4.90 Å². The Hall–Kier alpha value is -3.68. The van der Waals surface area contributed by atoms with Gasteiger partial charge >= 0.3 is 0 Å². The number of aromatic nitrogens is 5. The Balaban J connectivity index is 1.33. The van der Waals surface area contributed by atoms with Gasteiger partial charge in [0.1, 0.15) is 18.0 Å². The lowest BCUT2D eigenvalue weighted by molar-refractivity contribution is 0.334. The zero-order valence-corrected chi connectivity index (χ0v) is 15.4. The molecule has 1 aromatic carbocycles. The Labute approximate surface area is 165 Å². The molecule has 5 rings (SSSR count). The third kappa shape index (κ3) is 3.33. The number of halogens is 1. The maximum absolute atomic E-state index is 13.4. The Bertz CT molecular complexity index is 1240. The van der Waals surface area contributed by atoms with E-state index in [-0.39, 0.29) is 17.3 Å². The molecule has 0 N–H and O–H groups in total. The first-order valence-corrected chi connectivity index (χ1v) is 9.31. The van der Waals surface area contributed by atoms with Crippen LogP contribution in [0.15, 0.2) is 66.0 Å². The summed E-state index contributed by atoms with van der Waals surface area (Å²) in [6.45, 7) is 2.03. The highest BCUT2D eigenvalue weighted by Crippen LogP contribution is 2.29. The number of benzene rings is 1. The van der Waals surface area contributed by atoms with Gasteiger partial charge in [0.2, 0.25) is 0 Å². The summed E-state index contributed by atoms with van der Waals surface area (Å²) in [6.07, 6.45) is 4.86. The lowest BCUT2D eigenvalue weighted by Crippen LogP contribution is -2.50. The van der Waals surface area contributed by atoms with Crippen molar-refractivity contribution < 1.29 is 4.39 Å². The van der Waals surface area contributed by atoms with Crippen molar-refractivity contribution in [2.24, 2.45) is 5.92 Å². The third-order valence-corrected chi connectivity index (χ3v) is 5.11. The van der Waals surface area contributed by atoms with E-state index in [0.29, 0.717) is 12.1 Å². The fourth-order valence-corrected chi connectivity index (χ4v) is 3.63. The number of hydrogen-bond donors (Lipinski definition) is 0. The zero-order chi connectivity index (χ0) is 19.8. The minimum Gasteiger partial charge on any atom is -0.355 e. The maximum atomic E-state index is 13.4. The van der Waals surface area contributed by atoms with E-state index in [2.05, 4.69) is 25.0 Å². The van der Waals surface area contributed by atoms with Gasteiger partial charge in [0.15, 0.2) is 0 Å². The second-order valence-corrected chi connectivity index (χ2v) is 7.10. The summed E-state index contributed by atoms with van der Waals surface area (Å²) >= 11 is 0. The molecule has 1 fully saturated rings. The molecule has 0 unspecified atom stereocenters. The number of pyridine rings is 1. The van der Waals surface area contributed by atoms with Crippen molar-refractivity contribution in [3.05, 3.63) is 77.4 Å². The highest BCUT2D eigenvalue weighted by molar-refractivity contribution is 5.89. The molecule has 144 valence electrons. The molecule has 4 aromatic rings. The lowest BCUT2D eigenvalue weighted by atomic mass is 9.99. The van der Waals surface area contributed by atoms with Crippen molar-refractivity contribution in [3.8, 4) is 11.3 Å². The summed E-state index contributed by atoms with van der Waals surface area (Å²) in [7, 11) is 0. The van der Waals surface area contributed by atoms with E-state index in [4.69, 9.17) is 0 Å². The molecule has 1 aliphatic rings. The molecule has 0 saturated carbocycles. The number of rotatable bonds is 4. The molecule has 0 atom stereocenters. The fourth-order valence-electron chi connectivity index (χ4n) is 3.63. The van der Waals surface area contributed by atoms with Crippen LogP contribution in [0.2, 0.25) is 0 Å². The van der Waals surface area contributed by atoms with Crippen LogP contribution in [-0.2, 0) is 6.54 Å². The molecule has 0 aliphatic carbocycles. The normalized spacial score (nSPS) is 14.2. The van der Waals surface area contributed by atoms with Gasteiger partial charge in [-0.2, -0.15) is 5.10 Å². The van der Waals surface area contributed by atoms with Crippen LogP contribution in [0.25, 0.3) is 22.2 Å². The van der Waals surface area contributed by atoms with Gasteiger partial charge in [-0.3, -0.25) is 9.78 Å². The van der Waals surface area contributed by atoms with Crippen molar-refractivity contribution in [1.29, 1.82) is 0 Å². The van der Waals surface area contributed by atoms with E-state index in [9.17, 15) is 9.18 Å². The van der Waals surface area contributed by atoms with Crippen molar-refractivity contribution >= 4 is 16.7 Å². The number of hydrogen-bond acceptors (Lipinski definition) is 6. The van der Waals surface area contributed by atoms with Crippen LogP contribution >= 0.6 is 0 Å². The predicted octanol–water partition coefficient (Wildman–Crippen LogP) is 2.52. The van der Waals surface area contributed by atoms with Crippen molar-refractivity contribution in [1.82, 2.24) is 24.7 Å². The van der Waals surface area contributed by atoms with Crippen molar-refractivity contribution in [2.75, 3.05) is 18.0 Å². The minimum absolute atomic E-state index is 0.121. The first-order chi connectivity index (χ1) is 14.2. The van der Waals surface area contributed by atoms with Gasteiger partial charge in [-0.15, -0.1) is 0 Å². The minimum atomic E-state index is -0.317. The summed E-state index contributed by atoms with van der Waals surface area (Å²) in [6, 6.07) is 11.5. The molecule has 7 nitrogen and oxygen atoms in total. The molecule has 29 heavy (non-hydrogen) atoms. The second-order valence-electron chi connectivity index (χ2n) is 7.10. The maximum Gasteiger partial charge on any atom is 0.266 e. The smallest absolute Gasteiger partial charge is 0.266 e. The summed E-state index contributed by atoms with van der Waals surface area (Å²) in [5.41, 5.74) is 2.13. The van der Waals surface area contributed by atoms with E-state index in [1.807, 2.05) is 12.1 Å². The molecule has 1 saturated heterocycles. The summed E-state index contributed by atoms with van der Waals surface area (Å²) in [5.74, 6) is 0.749. The highest BCUT2D eigenvalue weighted by atomic mass is 19.1. The molecular formula is C21H17FN6O. The molecule has 0 bridgehead atoms. The van der Waals surface area contributed by atoms with Gasteiger partial charge in [-0.25, -0.2) is 19.0 Å². The Morgan fingerprint density at radius 3 is 2.69 bits per heavy atom. The van der Waals surface area contributed by atoms with Crippen LogP contribution < -0.4 is 10.5 Å². The monoisotopic (exact) mass is 388 g/mol. The van der Waals surface area contributed by atoms with Crippen LogP contribution in [0.4, 0.5) is 10.2 Å². The highest BCUT2D eigenvalue weighted by Gasteiger charge is 2.30. The Morgan fingerprint density at radius 2 is 1.86 bits per heavy atom. The molecule has 1 aliphatic heterocycles. The Kier molecular flexibility index (Phi) is 4.23. The molecule has 3 aromatic heterocycles.